The number of carbonyl (C=O) groups excluding carboxylic acids is 3. The van der Waals surface area contributed by atoms with Crippen LogP contribution in [-0.2, 0) is 29.4 Å². The summed E-state index contributed by atoms with van der Waals surface area (Å²) in [5.41, 5.74) is 1.29. The van der Waals surface area contributed by atoms with Crippen LogP contribution < -0.4 is 30.1 Å². The van der Waals surface area contributed by atoms with E-state index in [1.165, 1.54) is 12.1 Å². The molecule has 3 saturated heterocycles. The maximum Gasteiger partial charge on any atom is 0.420 e. The molecular weight excluding hydrogens is 784 g/mol. The van der Waals surface area contributed by atoms with Crippen LogP contribution in [0.2, 0.25) is 0 Å². The largest absolute Gasteiger partial charge is 0.496 e. The number of halogens is 3. The summed E-state index contributed by atoms with van der Waals surface area (Å²) in [7, 11) is 6.77. The van der Waals surface area contributed by atoms with E-state index in [0.717, 1.165) is 52.9 Å². The third kappa shape index (κ3) is 7.48. The molecule has 0 unspecified atom stereocenters. The van der Waals surface area contributed by atoms with Crippen molar-refractivity contribution in [3.05, 3.63) is 70.4 Å². The molecule has 60 heavy (non-hydrogen) atoms. The number of hydrogen-bond donors (Lipinski definition) is 2. The lowest BCUT2D eigenvalue weighted by Crippen LogP contribution is -2.49. The summed E-state index contributed by atoms with van der Waals surface area (Å²) >= 11 is 0. The van der Waals surface area contributed by atoms with Crippen LogP contribution in [0, 0.1) is 5.92 Å². The van der Waals surface area contributed by atoms with Gasteiger partial charge in [-0.2, -0.15) is 18.3 Å². The summed E-state index contributed by atoms with van der Waals surface area (Å²) in [5.74, 6) is 0.542. The fourth-order valence-electron chi connectivity index (χ4n) is 8.95. The zero-order chi connectivity index (χ0) is 42.5. The van der Waals surface area contributed by atoms with E-state index in [-0.39, 0.29) is 71.9 Å². The van der Waals surface area contributed by atoms with Crippen molar-refractivity contribution < 1.29 is 37.0 Å². The topological polar surface area (TPSA) is 158 Å². The fourth-order valence-corrected chi connectivity index (χ4v) is 8.95. The molecule has 3 aromatic heterocycles. The van der Waals surface area contributed by atoms with E-state index in [4.69, 9.17) is 9.47 Å². The average Bonchev–Trinajstić information content (AvgIpc) is 3.67. The van der Waals surface area contributed by atoms with Crippen molar-refractivity contribution >= 4 is 51.0 Å². The highest BCUT2D eigenvalue weighted by Crippen LogP contribution is 2.44. The molecule has 4 amide bonds. The number of ether oxygens (including phenoxy) is 2. The van der Waals surface area contributed by atoms with Gasteiger partial charge in [-0.3, -0.25) is 39.6 Å². The minimum Gasteiger partial charge on any atom is -0.496 e. The zero-order valence-electron chi connectivity index (χ0n) is 33.8. The molecular formula is C42H46F3N9O6. The number of alkyl halides is 3. The quantitative estimate of drug-likeness (QED) is 0.200. The van der Waals surface area contributed by atoms with E-state index in [1.54, 1.807) is 49.3 Å². The number of pyridine rings is 2. The Morgan fingerprint density at radius 2 is 1.63 bits per heavy atom. The average molecular weight is 830 g/mol. The van der Waals surface area contributed by atoms with Crippen LogP contribution >= 0.6 is 0 Å². The number of likely N-dealkylation sites (tertiary alicyclic amines) is 1. The molecule has 0 saturated carbocycles. The smallest absolute Gasteiger partial charge is 0.420 e. The molecule has 2 N–H and O–H groups in total. The number of benzene rings is 2. The van der Waals surface area contributed by atoms with Crippen LogP contribution in [0.5, 0.6) is 11.5 Å². The van der Waals surface area contributed by atoms with Gasteiger partial charge in [0.25, 0.3) is 5.56 Å². The molecule has 8 rings (SSSR count). The molecule has 15 nitrogen and oxygen atoms in total. The normalized spacial score (nSPS) is 17.4. The van der Waals surface area contributed by atoms with Crippen LogP contribution in [0.3, 0.4) is 0 Å². The first kappa shape index (κ1) is 40.6. The Hall–Kier alpha value is -6.17. The predicted molar refractivity (Wildman–Crippen MR) is 218 cm³/mol. The Kier molecular flexibility index (Phi) is 10.9. The van der Waals surface area contributed by atoms with Gasteiger partial charge in [0.15, 0.2) is 5.82 Å². The number of fused-ring (bicyclic) bond motifs is 2. The van der Waals surface area contributed by atoms with Crippen LogP contribution in [0.1, 0.15) is 43.2 Å². The Morgan fingerprint density at radius 1 is 0.933 bits per heavy atom. The minimum absolute atomic E-state index is 0.000129. The van der Waals surface area contributed by atoms with Gasteiger partial charge in [0.2, 0.25) is 11.8 Å². The first-order valence-corrected chi connectivity index (χ1v) is 19.9. The van der Waals surface area contributed by atoms with Gasteiger partial charge in [0.1, 0.15) is 17.1 Å². The second kappa shape index (κ2) is 16.1. The van der Waals surface area contributed by atoms with Crippen molar-refractivity contribution in [2.24, 2.45) is 13.0 Å². The van der Waals surface area contributed by atoms with E-state index in [1.807, 2.05) is 30.1 Å². The molecule has 316 valence electrons. The van der Waals surface area contributed by atoms with Crippen molar-refractivity contribution in [3.63, 3.8) is 0 Å². The van der Waals surface area contributed by atoms with Gasteiger partial charge in [0.05, 0.1) is 36.4 Å². The monoisotopic (exact) mass is 829 g/mol. The number of anilines is 2. The number of rotatable bonds is 9. The second-order valence-corrected chi connectivity index (χ2v) is 15.6. The number of imide groups is 1. The fraction of sp³-hybridized carbons (Fsp3) is 0.429. The number of H-pyrrole nitrogens is 1. The first-order chi connectivity index (χ1) is 28.8. The van der Waals surface area contributed by atoms with Crippen molar-refractivity contribution in [2.45, 2.75) is 50.9 Å². The lowest BCUT2D eigenvalue weighted by atomic mass is 9.92. The first-order valence-electron chi connectivity index (χ1n) is 19.9. The van der Waals surface area contributed by atoms with Gasteiger partial charge in [0, 0.05) is 101 Å². The SMILES string of the molecule is COc1cc(-c2cn(C)c(=O)c3cnccc23)cc(OC)c1CN1CCC(N(C)C(=O)C2CCN(c3ccc4c(N5CCC(=O)NC5=O)n[nH]c4c3C(F)(F)F)CC2)CC1. The Bertz CT molecular complexity index is 2520. The number of aryl methyl sites for hydroxylation is 1. The van der Waals surface area contributed by atoms with E-state index in [0.29, 0.717) is 36.3 Å². The third-order valence-corrected chi connectivity index (χ3v) is 12.2. The molecule has 3 aliphatic rings. The Balaban J connectivity index is 0.907. The van der Waals surface area contributed by atoms with Crippen molar-refractivity contribution in [1.29, 1.82) is 0 Å². The standard InChI is InChI=1S/C42H46F3N9O6/c1-50-22-30(27-7-13-46-21-29(27)40(50)57)25-19-33(59-3)31(34(20-25)60-4)23-52-14-10-26(11-15-52)51(2)39(56)24-8-16-53(17-9-24)32-6-5-28-37(36(32)42(43,44)45)48-49-38(28)54-18-12-35(55)47-41(54)58/h5-7,13,19-22,24,26H,8-12,14-18,23H2,1-4H3,(H,48,49)(H,47,55,58). The van der Waals surface area contributed by atoms with Gasteiger partial charge < -0.3 is 23.8 Å². The Labute approximate surface area is 343 Å². The molecule has 18 heteroatoms. The summed E-state index contributed by atoms with van der Waals surface area (Å²) < 4.78 is 57.4. The number of hydrogen-bond acceptors (Lipinski definition) is 10. The summed E-state index contributed by atoms with van der Waals surface area (Å²) in [6, 6.07) is 7.92. The molecule has 3 aliphatic heterocycles. The number of amides is 4. The van der Waals surface area contributed by atoms with Crippen LogP contribution in [0.25, 0.3) is 32.8 Å². The summed E-state index contributed by atoms with van der Waals surface area (Å²) in [6.07, 6.45) is 2.60. The van der Waals surface area contributed by atoms with E-state index < -0.39 is 23.7 Å². The lowest BCUT2D eigenvalue weighted by Gasteiger charge is -2.40. The minimum atomic E-state index is -4.74. The number of nitrogens with one attached hydrogen (secondary N) is 2. The van der Waals surface area contributed by atoms with Gasteiger partial charge in [-0.25, -0.2) is 4.79 Å². The number of carbonyl (C=O) groups is 3. The van der Waals surface area contributed by atoms with Crippen LogP contribution in [0.15, 0.2) is 53.7 Å². The highest BCUT2D eigenvalue weighted by molar-refractivity contribution is 6.09. The van der Waals surface area contributed by atoms with Crippen molar-refractivity contribution in [2.75, 3.05) is 63.8 Å². The van der Waals surface area contributed by atoms with E-state index in [9.17, 15) is 32.3 Å². The molecule has 0 radical (unpaired) electrons. The molecule has 2 aromatic carbocycles. The Morgan fingerprint density at radius 3 is 2.28 bits per heavy atom. The van der Waals surface area contributed by atoms with Gasteiger partial charge >= 0.3 is 12.2 Å². The number of methoxy groups -OCH3 is 2. The third-order valence-electron chi connectivity index (χ3n) is 12.2. The van der Waals surface area contributed by atoms with Crippen molar-refractivity contribution in [3.8, 4) is 22.6 Å². The maximum absolute atomic E-state index is 14.7. The maximum atomic E-state index is 14.7. The number of piperidine rings is 2. The highest BCUT2D eigenvalue weighted by atomic mass is 19.4. The second-order valence-electron chi connectivity index (χ2n) is 15.6. The predicted octanol–water partition coefficient (Wildman–Crippen LogP) is 5.30. The summed E-state index contributed by atoms with van der Waals surface area (Å²) in [6.45, 7) is 2.53. The van der Waals surface area contributed by atoms with Gasteiger partial charge in [-0.15, -0.1) is 0 Å². The molecule has 0 spiro atoms. The van der Waals surface area contributed by atoms with E-state index >= 15 is 0 Å². The number of nitrogens with zero attached hydrogens (tertiary/aromatic N) is 7. The molecule has 6 heterocycles. The molecule has 5 aromatic rings. The molecule has 0 bridgehead atoms. The molecule has 0 atom stereocenters. The number of urea groups is 1. The highest BCUT2D eigenvalue weighted by Gasteiger charge is 2.41. The van der Waals surface area contributed by atoms with Gasteiger partial charge in [-0.05, 0) is 67.0 Å². The zero-order valence-corrected chi connectivity index (χ0v) is 33.8. The van der Waals surface area contributed by atoms with Crippen LogP contribution in [0.4, 0.5) is 29.5 Å². The number of aromatic nitrogens is 4. The van der Waals surface area contributed by atoms with Gasteiger partial charge in [-0.1, -0.05) is 0 Å². The van der Waals surface area contributed by atoms with Crippen molar-refractivity contribution in [1.82, 2.24) is 34.9 Å². The van der Waals surface area contributed by atoms with E-state index in [2.05, 4.69) is 25.4 Å². The molecule has 3 fully saturated rings. The lowest BCUT2D eigenvalue weighted by molar-refractivity contribution is -0.138. The molecule has 0 aliphatic carbocycles. The van der Waals surface area contributed by atoms with Crippen LogP contribution in [-0.4, -0.2) is 107 Å². The summed E-state index contributed by atoms with van der Waals surface area (Å²) in [4.78, 5) is 61.8. The number of aromatic amines is 1. The summed E-state index contributed by atoms with van der Waals surface area (Å²) in [5, 5.41) is 10.2.